The van der Waals surface area contributed by atoms with E-state index in [1.165, 1.54) is 0 Å². The van der Waals surface area contributed by atoms with Crippen LogP contribution in [0.2, 0.25) is 0 Å². The van der Waals surface area contributed by atoms with Crippen LogP contribution in [0.5, 0.6) is 0 Å². The first-order chi connectivity index (χ1) is 8.28. The number of rotatable bonds is 8. The normalized spacial score (nSPS) is 12.5. The standard InChI is InChI=1S/C13H16N4/c14-7-3-1-5-12(10-16)9-13(11-17)6-2-4-8-15/h12-13H,1-6,9H2. The van der Waals surface area contributed by atoms with Gasteiger partial charge >= 0.3 is 0 Å². The van der Waals surface area contributed by atoms with Crippen molar-refractivity contribution in [1.29, 1.82) is 21.0 Å². The maximum absolute atomic E-state index is 8.95. The van der Waals surface area contributed by atoms with Gasteiger partial charge in [0.15, 0.2) is 0 Å². The summed E-state index contributed by atoms with van der Waals surface area (Å²) in [7, 11) is 0. The molecule has 0 aromatic carbocycles. The van der Waals surface area contributed by atoms with Gasteiger partial charge in [-0.2, -0.15) is 21.0 Å². The molecule has 2 unspecified atom stereocenters. The molecule has 0 radical (unpaired) electrons. The SMILES string of the molecule is N#CCCCC(C#N)CC(C#N)CCCC#N. The maximum Gasteiger partial charge on any atom is 0.0656 e. The third-order valence-corrected chi connectivity index (χ3v) is 2.62. The average molecular weight is 228 g/mol. The average Bonchev–Trinajstić information content (AvgIpc) is 2.36. The van der Waals surface area contributed by atoms with Gasteiger partial charge in [0.1, 0.15) is 0 Å². The van der Waals surface area contributed by atoms with Crippen molar-refractivity contribution in [3.63, 3.8) is 0 Å². The lowest BCUT2D eigenvalue weighted by Crippen LogP contribution is -2.06. The van der Waals surface area contributed by atoms with Crippen molar-refractivity contribution in [1.82, 2.24) is 0 Å². The van der Waals surface area contributed by atoms with Gasteiger partial charge in [0, 0.05) is 24.7 Å². The van der Waals surface area contributed by atoms with Crippen molar-refractivity contribution in [3.05, 3.63) is 0 Å². The summed E-state index contributed by atoms with van der Waals surface area (Å²) >= 11 is 0. The van der Waals surface area contributed by atoms with Crippen LogP contribution in [0.1, 0.15) is 44.9 Å². The molecule has 2 atom stereocenters. The van der Waals surface area contributed by atoms with Gasteiger partial charge in [-0.15, -0.1) is 0 Å². The highest BCUT2D eigenvalue weighted by Crippen LogP contribution is 2.21. The smallest absolute Gasteiger partial charge is 0.0656 e. The number of unbranched alkanes of at least 4 members (excludes halogenated alkanes) is 2. The zero-order valence-corrected chi connectivity index (χ0v) is 9.89. The summed E-state index contributed by atoms with van der Waals surface area (Å²) in [5.74, 6) is -0.287. The Labute approximate surface area is 103 Å². The molecular formula is C13H16N4. The highest BCUT2D eigenvalue weighted by atomic mass is 14.3. The Morgan fingerprint density at radius 1 is 0.706 bits per heavy atom. The molecule has 0 aromatic rings. The largest absolute Gasteiger partial charge is 0.198 e. The van der Waals surface area contributed by atoms with E-state index in [0.717, 1.165) is 0 Å². The van der Waals surface area contributed by atoms with Crippen molar-refractivity contribution in [2.45, 2.75) is 44.9 Å². The number of nitrogens with zero attached hydrogens (tertiary/aromatic N) is 4. The fourth-order valence-corrected chi connectivity index (χ4v) is 1.67. The summed E-state index contributed by atoms with van der Waals surface area (Å²) in [5.41, 5.74) is 0. The Morgan fingerprint density at radius 2 is 1.12 bits per heavy atom. The van der Waals surface area contributed by atoms with Crippen LogP contribution in [0.15, 0.2) is 0 Å². The molecule has 0 aliphatic carbocycles. The topological polar surface area (TPSA) is 95.2 Å². The zero-order valence-electron chi connectivity index (χ0n) is 9.89. The third kappa shape index (κ3) is 7.84. The minimum absolute atomic E-state index is 0.143. The Morgan fingerprint density at radius 3 is 1.41 bits per heavy atom. The second-order valence-electron chi connectivity index (χ2n) is 3.99. The molecule has 4 heteroatoms. The molecule has 17 heavy (non-hydrogen) atoms. The van der Waals surface area contributed by atoms with Crippen LogP contribution in [-0.4, -0.2) is 0 Å². The van der Waals surface area contributed by atoms with Gasteiger partial charge in [0.25, 0.3) is 0 Å². The zero-order chi connectivity index (χ0) is 12.9. The van der Waals surface area contributed by atoms with Crippen LogP contribution >= 0.6 is 0 Å². The van der Waals surface area contributed by atoms with Crippen LogP contribution in [0, 0.1) is 57.2 Å². The van der Waals surface area contributed by atoms with Crippen molar-refractivity contribution in [2.75, 3.05) is 0 Å². The molecule has 0 aliphatic rings. The molecule has 0 N–H and O–H groups in total. The molecular weight excluding hydrogens is 212 g/mol. The van der Waals surface area contributed by atoms with Crippen LogP contribution in [0.3, 0.4) is 0 Å². The van der Waals surface area contributed by atoms with E-state index in [0.29, 0.717) is 44.9 Å². The summed E-state index contributed by atoms with van der Waals surface area (Å²) in [4.78, 5) is 0. The summed E-state index contributed by atoms with van der Waals surface area (Å²) in [6.45, 7) is 0. The van der Waals surface area contributed by atoms with Gasteiger partial charge < -0.3 is 0 Å². The first-order valence-electron chi connectivity index (χ1n) is 5.81. The highest BCUT2D eigenvalue weighted by Gasteiger charge is 2.15. The van der Waals surface area contributed by atoms with Crippen molar-refractivity contribution in [3.8, 4) is 24.3 Å². The Hall–Kier alpha value is -2.04. The Bertz CT molecular complexity index is 325. The molecule has 0 spiro atoms. The molecule has 0 aliphatic heterocycles. The molecule has 0 bridgehead atoms. The molecule has 88 valence electrons. The van der Waals surface area contributed by atoms with Gasteiger partial charge in [-0.25, -0.2) is 0 Å². The van der Waals surface area contributed by atoms with Crippen LogP contribution in [0.4, 0.5) is 0 Å². The van der Waals surface area contributed by atoms with Gasteiger partial charge in [-0.05, 0) is 32.1 Å². The van der Waals surface area contributed by atoms with E-state index >= 15 is 0 Å². The van der Waals surface area contributed by atoms with Crippen molar-refractivity contribution < 1.29 is 0 Å². The molecule has 0 aromatic heterocycles. The van der Waals surface area contributed by atoms with E-state index in [2.05, 4.69) is 12.1 Å². The predicted molar refractivity (Wildman–Crippen MR) is 61.8 cm³/mol. The minimum atomic E-state index is -0.143. The van der Waals surface area contributed by atoms with Crippen LogP contribution in [-0.2, 0) is 0 Å². The second kappa shape index (κ2) is 10.5. The molecule has 0 saturated heterocycles. The van der Waals surface area contributed by atoms with E-state index in [4.69, 9.17) is 21.0 Å². The Kier molecular flexibility index (Phi) is 9.22. The van der Waals surface area contributed by atoms with Gasteiger partial charge in [0.05, 0.1) is 24.3 Å². The highest BCUT2D eigenvalue weighted by molar-refractivity contribution is 4.92. The quantitative estimate of drug-likeness (QED) is 0.596. The molecule has 0 heterocycles. The van der Waals surface area contributed by atoms with Crippen molar-refractivity contribution in [2.24, 2.45) is 11.8 Å². The fraction of sp³-hybridized carbons (Fsp3) is 0.692. The molecule has 0 rings (SSSR count). The first-order valence-corrected chi connectivity index (χ1v) is 5.81. The van der Waals surface area contributed by atoms with E-state index in [-0.39, 0.29) is 11.8 Å². The van der Waals surface area contributed by atoms with E-state index in [9.17, 15) is 0 Å². The predicted octanol–water partition coefficient (Wildman–Crippen LogP) is 3.04. The number of nitriles is 4. The molecule has 4 nitrogen and oxygen atoms in total. The van der Waals surface area contributed by atoms with E-state index in [1.54, 1.807) is 0 Å². The van der Waals surface area contributed by atoms with E-state index < -0.39 is 0 Å². The lowest BCUT2D eigenvalue weighted by Gasteiger charge is -2.12. The maximum atomic E-state index is 8.95. The number of hydrogen-bond donors (Lipinski definition) is 0. The second-order valence-corrected chi connectivity index (χ2v) is 3.99. The molecule has 0 amide bonds. The summed E-state index contributed by atoms with van der Waals surface area (Å²) in [6.07, 6.45) is 4.27. The van der Waals surface area contributed by atoms with Gasteiger partial charge in [0.2, 0.25) is 0 Å². The summed E-state index contributed by atoms with van der Waals surface area (Å²) < 4.78 is 0. The first kappa shape index (κ1) is 15.0. The van der Waals surface area contributed by atoms with E-state index in [1.807, 2.05) is 12.1 Å². The van der Waals surface area contributed by atoms with Crippen LogP contribution in [0.25, 0.3) is 0 Å². The monoisotopic (exact) mass is 228 g/mol. The number of hydrogen-bond acceptors (Lipinski definition) is 4. The van der Waals surface area contributed by atoms with Gasteiger partial charge in [-0.3, -0.25) is 0 Å². The lowest BCUT2D eigenvalue weighted by molar-refractivity contribution is 0.438. The van der Waals surface area contributed by atoms with Crippen molar-refractivity contribution >= 4 is 0 Å². The van der Waals surface area contributed by atoms with Gasteiger partial charge in [-0.1, -0.05) is 0 Å². The lowest BCUT2D eigenvalue weighted by atomic mass is 9.89. The molecule has 0 fully saturated rings. The fourth-order valence-electron chi connectivity index (χ4n) is 1.67. The summed E-state index contributed by atoms with van der Waals surface area (Å²) in [6, 6.07) is 8.47. The third-order valence-electron chi connectivity index (χ3n) is 2.62. The molecule has 0 saturated carbocycles. The Balaban J connectivity index is 3.98. The van der Waals surface area contributed by atoms with Crippen LogP contribution < -0.4 is 0 Å². The summed E-state index contributed by atoms with van der Waals surface area (Å²) in [5, 5.41) is 34.7. The minimum Gasteiger partial charge on any atom is -0.198 e.